The smallest absolute Gasteiger partial charge is 0.240 e. The summed E-state index contributed by atoms with van der Waals surface area (Å²) in [6.07, 6.45) is 1.56. The SMILES string of the molecule is O=S(=O)(N[C@H]1C[C@@H]2OC2[C@@H]1CCO)c1ccccc1. The van der Waals surface area contributed by atoms with Crippen molar-refractivity contribution in [3.05, 3.63) is 30.3 Å². The maximum absolute atomic E-state index is 12.2. The molecule has 1 aromatic rings. The maximum atomic E-state index is 12.2. The Bertz CT molecular complexity index is 545. The normalized spacial score (nSPS) is 33.1. The molecule has 1 aliphatic carbocycles. The van der Waals surface area contributed by atoms with Gasteiger partial charge in [0.15, 0.2) is 0 Å². The summed E-state index contributed by atoms with van der Waals surface area (Å²) in [5.41, 5.74) is 0. The van der Waals surface area contributed by atoms with E-state index in [1.54, 1.807) is 30.3 Å². The Balaban J connectivity index is 1.74. The van der Waals surface area contributed by atoms with E-state index in [0.29, 0.717) is 12.8 Å². The molecule has 1 heterocycles. The van der Waals surface area contributed by atoms with Crippen LogP contribution in [0.15, 0.2) is 35.2 Å². The first kappa shape index (κ1) is 13.1. The lowest BCUT2D eigenvalue weighted by Gasteiger charge is -2.22. The molecule has 2 fully saturated rings. The molecular weight excluding hydrogens is 266 g/mol. The molecule has 4 atom stereocenters. The molecule has 5 nitrogen and oxygen atoms in total. The van der Waals surface area contributed by atoms with Crippen molar-refractivity contribution < 1.29 is 18.3 Å². The third-order valence-electron chi connectivity index (χ3n) is 3.87. The van der Waals surface area contributed by atoms with E-state index in [0.717, 1.165) is 0 Å². The quantitative estimate of drug-likeness (QED) is 0.771. The zero-order valence-corrected chi connectivity index (χ0v) is 11.2. The number of aliphatic hydroxyl groups is 1. The van der Waals surface area contributed by atoms with Gasteiger partial charge in [-0.25, -0.2) is 13.1 Å². The van der Waals surface area contributed by atoms with Crippen LogP contribution in [0.3, 0.4) is 0 Å². The second kappa shape index (κ2) is 4.86. The van der Waals surface area contributed by atoms with Crippen LogP contribution in [0.5, 0.6) is 0 Å². The molecule has 0 bridgehead atoms. The predicted molar refractivity (Wildman–Crippen MR) is 69.0 cm³/mol. The topological polar surface area (TPSA) is 78.9 Å². The van der Waals surface area contributed by atoms with E-state index in [9.17, 15) is 8.42 Å². The fourth-order valence-electron chi connectivity index (χ4n) is 2.89. The molecular formula is C13H17NO4S. The number of fused-ring (bicyclic) bond motifs is 1. The fourth-order valence-corrected chi connectivity index (χ4v) is 4.21. The Hall–Kier alpha value is -0.950. The number of hydrogen-bond acceptors (Lipinski definition) is 4. The molecule has 1 unspecified atom stereocenters. The molecule has 19 heavy (non-hydrogen) atoms. The van der Waals surface area contributed by atoms with Gasteiger partial charge < -0.3 is 9.84 Å². The summed E-state index contributed by atoms with van der Waals surface area (Å²) in [6, 6.07) is 8.21. The van der Waals surface area contributed by atoms with Gasteiger partial charge in [0, 0.05) is 18.6 Å². The Morgan fingerprint density at radius 1 is 1.32 bits per heavy atom. The number of ether oxygens (including phenoxy) is 1. The van der Waals surface area contributed by atoms with Crippen LogP contribution >= 0.6 is 0 Å². The van der Waals surface area contributed by atoms with Gasteiger partial charge in [-0.15, -0.1) is 0 Å². The van der Waals surface area contributed by atoms with Gasteiger partial charge in [-0.1, -0.05) is 18.2 Å². The zero-order chi connectivity index (χ0) is 13.5. The molecule has 0 spiro atoms. The van der Waals surface area contributed by atoms with Crippen LogP contribution in [0.25, 0.3) is 0 Å². The van der Waals surface area contributed by atoms with Crippen molar-refractivity contribution in [2.24, 2.45) is 5.92 Å². The number of benzene rings is 1. The maximum Gasteiger partial charge on any atom is 0.240 e. The summed E-state index contributed by atoms with van der Waals surface area (Å²) in [7, 11) is -3.48. The van der Waals surface area contributed by atoms with Gasteiger partial charge >= 0.3 is 0 Å². The van der Waals surface area contributed by atoms with Crippen molar-refractivity contribution in [3.63, 3.8) is 0 Å². The van der Waals surface area contributed by atoms with Crippen LogP contribution < -0.4 is 4.72 Å². The number of sulfonamides is 1. The van der Waals surface area contributed by atoms with Gasteiger partial charge in [-0.05, 0) is 25.0 Å². The number of hydrogen-bond donors (Lipinski definition) is 2. The van der Waals surface area contributed by atoms with Crippen molar-refractivity contribution in [3.8, 4) is 0 Å². The van der Waals surface area contributed by atoms with Crippen molar-refractivity contribution in [2.45, 2.75) is 36.0 Å². The molecule has 6 heteroatoms. The van der Waals surface area contributed by atoms with Crippen molar-refractivity contribution in [1.82, 2.24) is 4.72 Å². The standard InChI is InChI=1S/C13H17NO4S/c15-7-6-10-11(8-12-13(10)18-12)14-19(16,17)9-4-2-1-3-5-9/h1-5,10-15H,6-8H2/t10-,11+,12+,13?/m1/s1. The molecule has 2 aliphatic rings. The summed E-state index contributed by atoms with van der Waals surface area (Å²) in [4.78, 5) is 0.277. The fraction of sp³-hybridized carbons (Fsp3) is 0.538. The van der Waals surface area contributed by atoms with E-state index >= 15 is 0 Å². The van der Waals surface area contributed by atoms with Crippen LogP contribution in [0, 0.1) is 5.92 Å². The van der Waals surface area contributed by atoms with E-state index < -0.39 is 10.0 Å². The first-order valence-corrected chi connectivity index (χ1v) is 7.94. The highest BCUT2D eigenvalue weighted by Gasteiger charge is 2.55. The second-order valence-electron chi connectivity index (χ2n) is 5.09. The molecule has 2 N–H and O–H groups in total. The van der Waals surface area contributed by atoms with E-state index in [1.165, 1.54) is 0 Å². The predicted octanol–water partition coefficient (Wildman–Crippen LogP) is 0.503. The minimum Gasteiger partial charge on any atom is -0.396 e. The van der Waals surface area contributed by atoms with E-state index in [-0.39, 0.29) is 35.7 Å². The summed E-state index contributed by atoms with van der Waals surface area (Å²) < 4.78 is 32.7. The highest BCUT2D eigenvalue weighted by molar-refractivity contribution is 7.89. The number of nitrogens with one attached hydrogen (secondary N) is 1. The summed E-state index contributed by atoms with van der Waals surface area (Å²) >= 11 is 0. The Labute approximate surface area is 112 Å². The lowest BCUT2D eigenvalue weighted by atomic mass is 10.00. The van der Waals surface area contributed by atoms with Gasteiger partial charge in [0.1, 0.15) is 0 Å². The molecule has 104 valence electrons. The second-order valence-corrected chi connectivity index (χ2v) is 6.81. The third kappa shape index (κ3) is 2.53. The third-order valence-corrected chi connectivity index (χ3v) is 5.38. The molecule has 1 aromatic carbocycles. The van der Waals surface area contributed by atoms with Gasteiger partial charge in [0.25, 0.3) is 0 Å². The molecule has 0 amide bonds. The lowest BCUT2D eigenvalue weighted by Crippen LogP contribution is -2.40. The first-order valence-electron chi connectivity index (χ1n) is 6.45. The van der Waals surface area contributed by atoms with Gasteiger partial charge in [0.2, 0.25) is 10.0 Å². The summed E-state index contributed by atoms with van der Waals surface area (Å²) in [5, 5.41) is 9.06. The highest BCUT2D eigenvalue weighted by atomic mass is 32.2. The minimum atomic E-state index is -3.48. The average Bonchev–Trinajstić information content (AvgIpc) is 3.08. The number of aliphatic hydroxyl groups excluding tert-OH is 1. The molecule has 1 saturated heterocycles. The number of epoxide rings is 1. The van der Waals surface area contributed by atoms with Crippen molar-refractivity contribution >= 4 is 10.0 Å². The molecule has 3 rings (SSSR count). The Kier molecular flexibility index (Phi) is 3.34. The highest BCUT2D eigenvalue weighted by Crippen LogP contribution is 2.45. The van der Waals surface area contributed by atoms with Crippen LogP contribution in [-0.2, 0) is 14.8 Å². The first-order chi connectivity index (χ1) is 9.12. The number of rotatable bonds is 5. The van der Waals surface area contributed by atoms with E-state index in [4.69, 9.17) is 9.84 Å². The van der Waals surface area contributed by atoms with Crippen LogP contribution in [0.1, 0.15) is 12.8 Å². The van der Waals surface area contributed by atoms with Gasteiger partial charge in [0.05, 0.1) is 17.1 Å². The summed E-state index contributed by atoms with van der Waals surface area (Å²) in [5.74, 6) is 0.0773. The largest absolute Gasteiger partial charge is 0.396 e. The van der Waals surface area contributed by atoms with Gasteiger partial charge in [-0.3, -0.25) is 0 Å². The van der Waals surface area contributed by atoms with Crippen molar-refractivity contribution in [2.75, 3.05) is 6.61 Å². The van der Waals surface area contributed by atoms with E-state index in [1.807, 2.05) is 0 Å². The molecule has 1 saturated carbocycles. The molecule has 1 aliphatic heterocycles. The molecule has 0 radical (unpaired) electrons. The summed E-state index contributed by atoms with van der Waals surface area (Å²) in [6.45, 7) is 0.0564. The van der Waals surface area contributed by atoms with Gasteiger partial charge in [-0.2, -0.15) is 0 Å². The van der Waals surface area contributed by atoms with Crippen LogP contribution in [0.2, 0.25) is 0 Å². The Morgan fingerprint density at radius 2 is 2.05 bits per heavy atom. The minimum absolute atomic E-state index is 0.0564. The lowest BCUT2D eigenvalue weighted by molar-refractivity contribution is 0.187. The van der Waals surface area contributed by atoms with Crippen LogP contribution in [-0.4, -0.2) is 38.4 Å². The monoisotopic (exact) mass is 283 g/mol. The molecule has 0 aromatic heterocycles. The average molecular weight is 283 g/mol. The van der Waals surface area contributed by atoms with Crippen LogP contribution in [0.4, 0.5) is 0 Å². The Morgan fingerprint density at radius 3 is 2.74 bits per heavy atom. The zero-order valence-electron chi connectivity index (χ0n) is 10.4. The van der Waals surface area contributed by atoms with Crippen molar-refractivity contribution in [1.29, 1.82) is 0 Å². The van der Waals surface area contributed by atoms with E-state index in [2.05, 4.69) is 4.72 Å².